The number of tetrazole rings is 1. The van der Waals surface area contributed by atoms with E-state index in [4.69, 9.17) is 0 Å². The van der Waals surface area contributed by atoms with E-state index in [2.05, 4.69) is 27.8 Å². The summed E-state index contributed by atoms with van der Waals surface area (Å²) in [5, 5.41) is 14.8. The van der Waals surface area contributed by atoms with Gasteiger partial charge in [0, 0.05) is 29.4 Å². The molecule has 0 aliphatic heterocycles. The summed E-state index contributed by atoms with van der Waals surface area (Å²) in [6, 6.07) is 0. The van der Waals surface area contributed by atoms with Gasteiger partial charge in [0.25, 0.3) is 0 Å². The van der Waals surface area contributed by atoms with Crippen molar-refractivity contribution in [2.24, 2.45) is 0 Å². The third-order valence-corrected chi connectivity index (χ3v) is 2.98. The number of rotatable bonds is 8. The van der Waals surface area contributed by atoms with E-state index < -0.39 is 10.8 Å². The van der Waals surface area contributed by atoms with Gasteiger partial charge in [-0.05, 0) is 29.8 Å². The first-order valence-electron chi connectivity index (χ1n) is 5.49. The van der Waals surface area contributed by atoms with Crippen LogP contribution in [0.15, 0.2) is 0 Å². The van der Waals surface area contributed by atoms with Gasteiger partial charge in [0.1, 0.15) is 0 Å². The first kappa shape index (κ1) is 13.2. The number of nitrogens with one attached hydrogen (secondary N) is 1. The Labute approximate surface area is 98.3 Å². The Hall–Kier alpha value is -0.820. The maximum Gasteiger partial charge on any atom is 0.165 e. The van der Waals surface area contributed by atoms with E-state index >= 15 is 0 Å². The van der Waals surface area contributed by atoms with E-state index in [-0.39, 0.29) is 0 Å². The molecule has 0 fully saturated rings. The summed E-state index contributed by atoms with van der Waals surface area (Å²) in [7, 11) is -0.738. The van der Waals surface area contributed by atoms with Gasteiger partial charge in [0.2, 0.25) is 0 Å². The van der Waals surface area contributed by atoms with E-state index in [0.29, 0.717) is 12.3 Å². The lowest BCUT2D eigenvalue weighted by molar-refractivity contribution is 0.534. The van der Waals surface area contributed by atoms with Crippen LogP contribution in [0.4, 0.5) is 0 Å². The second kappa shape index (κ2) is 7.45. The van der Waals surface area contributed by atoms with Crippen LogP contribution >= 0.6 is 0 Å². The van der Waals surface area contributed by atoms with Crippen LogP contribution in [0.25, 0.3) is 0 Å². The van der Waals surface area contributed by atoms with Gasteiger partial charge < -0.3 is 5.32 Å². The monoisotopic (exact) mass is 245 g/mol. The molecule has 1 atom stereocenters. The van der Waals surface area contributed by atoms with E-state index in [1.807, 2.05) is 0 Å². The van der Waals surface area contributed by atoms with Gasteiger partial charge in [-0.15, -0.1) is 5.10 Å². The quantitative estimate of drug-likeness (QED) is 0.650. The Morgan fingerprint density at radius 2 is 2.31 bits per heavy atom. The van der Waals surface area contributed by atoms with E-state index in [9.17, 15) is 4.21 Å². The van der Waals surface area contributed by atoms with Crippen molar-refractivity contribution in [3.05, 3.63) is 5.82 Å². The van der Waals surface area contributed by atoms with E-state index in [1.165, 1.54) is 0 Å². The summed E-state index contributed by atoms with van der Waals surface area (Å²) < 4.78 is 12.7. The van der Waals surface area contributed by atoms with Crippen molar-refractivity contribution in [2.75, 3.05) is 18.6 Å². The highest BCUT2D eigenvalue weighted by Crippen LogP contribution is 1.95. The fourth-order valence-corrected chi connectivity index (χ4v) is 1.85. The lowest BCUT2D eigenvalue weighted by Gasteiger charge is -2.04. The second-order valence-corrected chi connectivity index (χ2v) is 5.18. The van der Waals surface area contributed by atoms with Crippen LogP contribution in [0.5, 0.6) is 0 Å². The molecule has 1 rings (SSSR count). The third kappa shape index (κ3) is 4.80. The molecule has 0 saturated heterocycles. The summed E-state index contributed by atoms with van der Waals surface area (Å²) >= 11 is 0. The molecular weight excluding hydrogens is 226 g/mol. The van der Waals surface area contributed by atoms with Crippen molar-refractivity contribution >= 4 is 10.8 Å². The van der Waals surface area contributed by atoms with Gasteiger partial charge in [-0.2, -0.15) is 0 Å². The van der Waals surface area contributed by atoms with Gasteiger partial charge in [0.15, 0.2) is 5.82 Å². The summed E-state index contributed by atoms with van der Waals surface area (Å²) in [5.74, 6) is 1.54. The Morgan fingerprint density at radius 1 is 1.50 bits per heavy atom. The van der Waals surface area contributed by atoms with Gasteiger partial charge >= 0.3 is 0 Å². The first-order valence-corrected chi connectivity index (χ1v) is 7.22. The van der Waals surface area contributed by atoms with Crippen LogP contribution in [0.2, 0.25) is 0 Å². The predicted octanol–water partition coefficient (Wildman–Crippen LogP) is -0.0587. The standard InChI is InChI=1S/C9H19N5OS/c1-3-5-10-8-9-11-12-13-14(9)6-4-7-16(2)15/h10H,3-8H2,1-2H3. The molecule has 92 valence electrons. The molecule has 1 aromatic heterocycles. The maximum absolute atomic E-state index is 10.9. The molecule has 16 heavy (non-hydrogen) atoms. The van der Waals surface area contributed by atoms with Crippen molar-refractivity contribution in [1.29, 1.82) is 0 Å². The lowest BCUT2D eigenvalue weighted by Crippen LogP contribution is -2.18. The highest BCUT2D eigenvalue weighted by atomic mass is 32.2. The maximum atomic E-state index is 10.9. The Morgan fingerprint density at radius 3 is 3.00 bits per heavy atom. The highest BCUT2D eigenvalue weighted by molar-refractivity contribution is 7.84. The fraction of sp³-hybridized carbons (Fsp3) is 0.889. The largest absolute Gasteiger partial charge is 0.310 e. The molecular formula is C9H19N5OS. The van der Waals surface area contributed by atoms with Crippen LogP contribution in [0.3, 0.4) is 0 Å². The van der Waals surface area contributed by atoms with Gasteiger partial charge in [-0.1, -0.05) is 6.92 Å². The van der Waals surface area contributed by atoms with Crippen molar-refractivity contribution in [3.63, 3.8) is 0 Å². The van der Waals surface area contributed by atoms with E-state index in [0.717, 1.165) is 31.8 Å². The Bertz CT molecular complexity index is 327. The average Bonchev–Trinajstić information content (AvgIpc) is 2.66. The molecule has 0 spiro atoms. The third-order valence-electron chi connectivity index (χ3n) is 2.12. The first-order chi connectivity index (χ1) is 7.74. The lowest BCUT2D eigenvalue weighted by atomic mass is 10.4. The summed E-state index contributed by atoms with van der Waals surface area (Å²) in [6.45, 7) is 4.50. The molecule has 0 bridgehead atoms. The van der Waals surface area contributed by atoms with Crippen LogP contribution < -0.4 is 5.32 Å². The molecule has 0 aromatic carbocycles. The minimum atomic E-state index is -0.738. The molecule has 0 amide bonds. The molecule has 0 saturated carbocycles. The van der Waals surface area contributed by atoms with Gasteiger partial charge in [-0.3, -0.25) is 4.21 Å². The zero-order chi connectivity index (χ0) is 11.8. The molecule has 0 aliphatic carbocycles. The highest BCUT2D eigenvalue weighted by Gasteiger charge is 2.04. The van der Waals surface area contributed by atoms with Crippen molar-refractivity contribution in [3.8, 4) is 0 Å². The van der Waals surface area contributed by atoms with Crippen LogP contribution in [-0.2, 0) is 23.9 Å². The zero-order valence-corrected chi connectivity index (χ0v) is 10.7. The molecule has 1 aromatic rings. The van der Waals surface area contributed by atoms with Crippen LogP contribution in [0.1, 0.15) is 25.6 Å². The molecule has 0 radical (unpaired) electrons. The minimum absolute atomic E-state index is 0.691. The van der Waals surface area contributed by atoms with Crippen molar-refractivity contribution < 1.29 is 4.21 Å². The topological polar surface area (TPSA) is 72.7 Å². The Kier molecular flexibility index (Phi) is 6.17. The summed E-state index contributed by atoms with van der Waals surface area (Å²) in [4.78, 5) is 0. The number of aromatic nitrogens is 4. The minimum Gasteiger partial charge on any atom is -0.310 e. The molecule has 1 unspecified atom stereocenters. The summed E-state index contributed by atoms with van der Waals surface area (Å²) in [6.07, 6.45) is 3.65. The molecule has 7 heteroatoms. The number of aryl methyl sites for hydroxylation is 1. The van der Waals surface area contributed by atoms with Gasteiger partial charge in [-0.25, -0.2) is 4.68 Å². The average molecular weight is 245 g/mol. The number of hydrogen-bond acceptors (Lipinski definition) is 5. The second-order valence-electron chi connectivity index (χ2n) is 3.63. The smallest absolute Gasteiger partial charge is 0.165 e. The number of nitrogens with zero attached hydrogens (tertiary/aromatic N) is 4. The molecule has 0 aliphatic rings. The normalized spacial score (nSPS) is 12.9. The van der Waals surface area contributed by atoms with Crippen molar-refractivity contribution in [2.45, 2.75) is 32.9 Å². The molecule has 1 N–H and O–H groups in total. The van der Waals surface area contributed by atoms with Gasteiger partial charge in [0.05, 0.1) is 6.54 Å². The molecule has 6 nitrogen and oxygen atoms in total. The zero-order valence-electron chi connectivity index (χ0n) is 9.85. The SMILES string of the molecule is CCCNCc1nnnn1CCCS(C)=O. The Balaban J connectivity index is 2.34. The molecule has 1 heterocycles. The van der Waals surface area contributed by atoms with Crippen LogP contribution in [0, 0.1) is 0 Å². The predicted molar refractivity (Wildman–Crippen MR) is 63.4 cm³/mol. The number of hydrogen-bond donors (Lipinski definition) is 1. The van der Waals surface area contributed by atoms with Crippen molar-refractivity contribution in [1.82, 2.24) is 25.5 Å². The summed E-state index contributed by atoms with van der Waals surface area (Å²) in [5.41, 5.74) is 0. The van der Waals surface area contributed by atoms with Crippen LogP contribution in [-0.4, -0.2) is 43.0 Å². The fourth-order valence-electron chi connectivity index (χ4n) is 1.32. The van der Waals surface area contributed by atoms with E-state index in [1.54, 1.807) is 10.9 Å².